The fraction of sp³-hybridized carbons (Fsp3) is 0.250. The highest BCUT2D eigenvalue weighted by Crippen LogP contribution is 2.34. The fourth-order valence-corrected chi connectivity index (χ4v) is 3.90. The molecule has 174 valence electrons. The second-order valence-corrected chi connectivity index (χ2v) is 8.27. The van der Waals surface area contributed by atoms with Crippen molar-refractivity contribution in [2.24, 2.45) is 5.10 Å². The van der Waals surface area contributed by atoms with Crippen molar-refractivity contribution in [1.29, 1.82) is 0 Å². The first-order valence-corrected chi connectivity index (χ1v) is 11.5. The molecular formula is C24H24BrN7O2. The lowest BCUT2D eigenvalue weighted by Gasteiger charge is -2.16. The van der Waals surface area contributed by atoms with Crippen LogP contribution in [0.4, 0.5) is 23.5 Å². The molecule has 2 heterocycles. The van der Waals surface area contributed by atoms with E-state index in [2.05, 4.69) is 57.5 Å². The zero-order valence-corrected chi connectivity index (χ0v) is 20.2. The van der Waals surface area contributed by atoms with Crippen LogP contribution < -0.4 is 25.1 Å². The molecule has 9 nitrogen and oxygen atoms in total. The third kappa shape index (κ3) is 5.94. The Balaban J connectivity index is 1.59. The van der Waals surface area contributed by atoms with Gasteiger partial charge in [0, 0.05) is 28.8 Å². The van der Waals surface area contributed by atoms with Gasteiger partial charge in [-0.3, -0.25) is 0 Å². The van der Waals surface area contributed by atoms with E-state index in [1.165, 1.54) is 0 Å². The van der Waals surface area contributed by atoms with Gasteiger partial charge < -0.3 is 19.7 Å². The molecule has 1 aliphatic heterocycles. The zero-order chi connectivity index (χ0) is 23.8. The van der Waals surface area contributed by atoms with E-state index in [0.717, 1.165) is 36.1 Å². The van der Waals surface area contributed by atoms with Gasteiger partial charge in [0.25, 0.3) is 0 Å². The number of terminal acetylenes is 1. The Labute approximate surface area is 206 Å². The number of aromatic nitrogens is 3. The van der Waals surface area contributed by atoms with Crippen molar-refractivity contribution in [3.05, 3.63) is 52.5 Å². The van der Waals surface area contributed by atoms with Crippen LogP contribution in [0.5, 0.6) is 11.5 Å². The number of halogens is 1. The highest BCUT2D eigenvalue weighted by atomic mass is 79.9. The van der Waals surface area contributed by atoms with E-state index < -0.39 is 0 Å². The average Bonchev–Trinajstić information content (AvgIpc) is 3.39. The summed E-state index contributed by atoms with van der Waals surface area (Å²) in [4.78, 5) is 15.8. The molecule has 0 unspecified atom stereocenters. The molecule has 1 aliphatic rings. The first-order chi connectivity index (χ1) is 16.7. The number of methoxy groups -OCH3 is 1. The maximum Gasteiger partial charge on any atom is 0.250 e. The van der Waals surface area contributed by atoms with E-state index in [1.54, 1.807) is 19.4 Å². The van der Waals surface area contributed by atoms with Crippen molar-refractivity contribution in [3.8, 4) is 23.8 Å². The van der Waals surface area contributed by atoms with Crippen LogP contribution >= 0.6 is 15.9 Å². The van der Waals surface area contributed by atoms with Gasteiger partial charge in [0.05, 0.1) is 13.3 Å². The maximum absolute atomic E-state index is 5.68. The SMILES string of the molecule is C#CCOc1c(C=NNc2nc(Nc3ccccc3)nc(N3CCCC3)n2)cc(Br)cc1OC. The molecule has 0 saturated carbocycles. The molecule has 34 heavy (non-hydrogen) atoms. The predicted octanol–water partition coefficient (Wildman–Crippen LogP) is 4.44. The van der Waals surface area contributed by atoms with Gasteiger partial charge in [-0.1, -0.05) is 40.0 Å². The summed E-state index contributed by atoms with van der Waals surface area (Å²) in [5, 5.41) is 7.56. The van der Waals surface area contributed by atoms with Gasteiger partial charge in [-0.2, -0.15) is 20.1 Å². The Morgan fingerprint density at radius 1 is 1.15 bits per heavy atom. The second-order valence-electron chi connectivity index (χ2n) is 7.36. The molecule has 0 radical (unpaired) electrons. The van der Waals surface area contributed by atoms with E-state index in [-0.39, 0.29) is 6.61 Å². The third-order valence-electron chi connectivity index (χ3n) is 4.98. The summed E-state index contributed by atoms with van der Waals surface area (Å²) in [6, 6.07) is 13.4. The molecule has 0 amide bonds. The van der Waals surface area contributed by atoms with Crippen LogP contribution in [0.25, 0.3) is 0 Å². The summed E-state index contributed by atoms with van der Waals surface area (Å²) < 4.78 is 11.9. The topological polar surface area (TPSA) is 96.8 Å². The molecule has 0 spiro atoms. The molecule has 0 atom stereocenters. The molecule has 2 aromatic carbocycles. The standard InChI is InChI=1S/C24H24BrN7O2/c1-3-13-34-21-17(14-18(25)15-20(21)33-2)16-26-31-23-28-22(27-19-9-5-4-6-10-19)29-24(30-23)32-11-7-8-12-32/h1,4-6,9-10,14-16H,7-8,11-13H2,2H3,(H2,27,28,29,30,31). The largest absolute Gasteiger partial charge is 0.493 e. The number of hydrogen-bond donors (Lipinski definition) is 2. The van der Waals surface area contributed by atoms with Crippen LogP contribution in [-0.2, 0) is 0 Å². The van der Waals surface area contributed by atoms with Crippen LogP contribution in [0, 0.1) is 12.3 Å². The maximum atomic E-state index is 5.68. The van der Waals surface area contributed by atoms with Crippen LogP contribution in [0.2, 0.25) is 0 Å². The second kappa shape index (κ2) is 11.3. The molecule has 0 aliphatic carbocycles. The van der Waals surface area contributed by atoms with E-state index in [0.29, 0.717) is 34.9 Å². The number of ether oxygens (including phenoxy) is 2. The zero-order valence-electron chi connectivity index (χ0n) is 18.7. The summed E-state index contributed by atoms with van der Waals surface area (Å²) in [6.07, 6.45) is 9.18. The lowest BCUT2D eigenvalue weighted by molar-refractivity contribution is 0.330. The van der Waals surface area contributed by atoms with Crippen LogP contribution in [0.3, 0.4) is 0 Å². The molecule has 3 aromatic rings. The molecule has 10 heteroatoms. The number of hydrogen-bond acceptors (Lipinski definition) is 9. The molecule has 1 aromatic heterocycles. The monoisotopic (exact) mass is 521 g/mol. The van der Waals surface area contributed by atoms with Gasteiger partial charge in [0.2, 0.25) is 17.8 Å². The molecular weight excluding hydrogens is 498 g/mol. The fourth-order valence-electron chi connectivity index (χ4n) is 3.44. The van der Waals surface area contributed by atoms with Crippen molar-refractivity contribution in [2.45, 2.75) is 12.8 Å². The van der Waals surface area contributed by atoms with Gasteiger partial charge in [-0.25, -0.2) is 5.43 Å². The first-order valence-electron chi connectivity index (χ1n) is 10.7. The Kier molecular flexibility index (Phi) is 7.78. The molecule has 1 fully saturated rings. The Morgan fingerprint density at radius 3 is 2.65 bits per heavy atom. The number of anilines is 4. The number of hydrazone groups is 1. The Morgan fingerprint density at radius 2 is 1.91 bits per heavy atom. The van der Waals surface area contributed by atoms with E-state index >= 15 is 0 Å². The molecule has 4 rings (SSSR count). The minimum Gasteiger partial charge on any atom is -0.493 e. The molecule has 1 saturated heterocycles. The van der Waals surface area contributed by atoms with E-state index in [4.69, 9.17) is 15.9 Å². The Bertz CT molecular complexity index is 1190. The molecule has 2 N–H and O–H groups in total. The lowest BCUT2D eigenvalue weighted by Crippen LogP contribution is -2.21. The van der Waals surface area contributed by atoms with Gasteiger partial charge >= 0.3 is 0 Å². The highest BCUT2D eigenvalue weighted by Gasteiger charge is 2.18. The van der Waals surface area contributed by atoms with Crippen LogP contribution in [0.15, 0.2) is 52.0 Å². The van der Waals surface area contributed by atoms with Gasteiger partial charge in [-0.15, -0.1) is 6.42 Å². The average molecular weight is 522 g/mol. The number of para-hydroxylation sites is 1. The van der Waals surface area contributed by atoms with Crippen molar-refractivity contribution >= 4 is 45.7 Å². The summed E-state index contributed by atoms with van der Waals surface area (Å²) in [5.74, 6) is 4.85. The van der Waals surface area contributed by atoms with E-state index in [9.17, 15) is 0 Å². The van der Waals surface area contributed by atoms with Crippen LogP contribution in [0.1, 0.15) is 18.4 Å². The Hall–Kier alpha value is -3.84. The number of benzene rings is 2. The van der Waals surface area contributed by atoms with Gasteiger partial charge in [0.1, 0.15) is 6.61 Å². The lowest BCUT2D eigenvalue weighted by atomic mass is 10.2. The normalized spacial score (nSPS) is 13.0. The summed E-state index contributed by atoms with van der Waals surface area (Å²) in [6.45, 7) is 1.92. The minimum absolute atomic E-state index is 0.105. The van der Waals surface area contributed by atoms with Gasteiger partial charge in [-0.05, 0) is 37.1 Å². The highest BCUT2D eigenvalue weighted by molar-refractivity contribution is 9.10. The van der Waals surface area contributed by atoms with Crippen molar-refractivity contribution in [2.75, 3.05) is 42.4 Å². The summed E-state index contributed by atoms with van der Waals surface area (Å²) in [5.41, 5.74) is 4.47. The number of nitrogens with zero attached hydrogens (tertiary/aromatic N) is 5. The number of rotatable bonds is 9. The molecule has 0 bridgehead atoms. The van der Waals surface area contributed by atoms with Crippen molar-refractivity contribution < 1.29 is 9.47 Å². The van der Waals surface area contributed by atoms with Gasteiger partial charge in [0.15, 0.2) is 11.5 Å². The van der Waals surface area contributed by atoms with Crippen molar-refractivity contribution in [1.82, 2.24) is 15.0 Å². The smallest absolute Gasteiger partial charge is 0.250 e. The summed E-state index contributed by atoms with van der Waals surface area (Å²) >= 11 is 3.48. The van der Waals surface area contributed by atoms with E-state index in [1.807, 2.05) is 36.4 Å². The van der Waals surface area contributed by atoms with Crippen LogP contribution in [-0.4, -0.2) is 48.0 Å². The summed E-state index contributed by atoms with van der Waals surface area (Å²) in [7, 11) is 1.57. The van der Waals surface area contributed by atoms with Crippen molar-refractivity contribution in [3.63, 3.8) is 0 Å². The number of nitrogens with one attached hydrogen (secondary N) is 2. The third-order valence-corrected chi connectivity index (χ3v) is 5.44. The first kappa shape index (κ1) is 23.3. The quantitative estimate of drug-likeness (QED) is 0.242. The minimum atomic E-state index is 0.105. The predicted molar refractivity (Wildman–Crippen MR) is 137 cm³/mol.